The van der Waals surface area contributed by atoms with Crippen molar-refractivity contribution < 1.29 is 13.3 Å². The maximum absolute atomic E-state index is 11.4. The molecule has 1 aromatic rings. The van der Waals surface area contributed by atoms with Gasteiger partial charge in [-0.1, -0.05) is 13.0 Å². The van der Waals surface area contributed by atoms with E-state index in [9.17, 15) is 18.5 Å². The van der Waals surface area contributed by atoms with Gasteiger partial charge in [0.1, 0.15) is 5.69 Å². The van der Waals surface area contributed by atoms with Gasteiger partial charge in [0.2, 0.25) is 10.0 Å². The van der Waals surface area contributed by atoms with E-state index >= 15 is 0 Å². The second kappa shape index (κ2) is 6.64. The minimum absolute atomic E-state index is 0.144. The molecule has 0 saturated carbocycles. The van der Waals surface area contributed by atoms with Gasteiger partial charge >= 0.3 is 5.69 Å². The van der Waals surface area contributed by atoms with Crippen molar-refractivity contribution >= 4 is 21.4 Å². The first-order valence-electron chi connectivity index (χ1n) is 6.00. The van der Waals surface area contributed by atoms with Crippen molar-refractivity contribution in [1.82, 2.24) is 4.90 Å². The molecule has 0 atom stereocenters. The zero-order valence-electron chi connectivity index (χ0n) is 11.4. The third kappa shape index (κ3) is 4.15. The SMILES string of the molecule is CCN(C)CCNc1cccc(S(N)(=O)=O)c1[N+](=O)[O-]. The Morgan fingerprint density at radius 3 is 2.60 bits per heavy atom. The lowest BCUT2D eigenvalue weighted by Crippen LogP contribution is -2.25. The Morgan fingerprint density at radius 1 is 1.45 bits per heavy atom. The molecule has 0 heterocycles. The highest BCUT2D eigenvalue weighted by atomic mass is 32.2. The molecule has 0 amide bonds. The average Bonchev–Trinajstić information content (AvgIpc) is 2.36. The monoisotopic (exact) mass is 302 g/mol. The van der Waals surface area contributed by atoms with Crippen molar-refractivity contribution in [3.8, 4) is 0 Å². The summed E-state index contributed by atoms with van der Waals surface area (Å²) in [7, 11) is -2.23. The quantitative estimate of drug-likeness (QED) is 0.562. The summed E-state index contributed by atoms with van der Waals surface area (Å²) in [5, 5.41) is 18.9. The third-order valence-corrected chi connectivity index (χ3v) is 3.78. The lowest BCUT2D eigenvalue weighted by atomic mass is 10.2. The van der Waals surface area contributed by atoms with Crippen LogP contribution < -0.4 is 10.5 Å². The number of para-hydroxylation sites is 1. The summed E-state index contributed by atoms with van der Waals surface area (Å²) in [6.07, 6.45) is 0. The maximum Gasteiger partial charge on any atom is 0.312 e. The minimum Gasteiger partial charge on any atom is -0.378 e. The van der Waals surface area contributed by atoms with E-state index < -0.39 is 25.5 Å². The molecule has 0 spiro atoms. The van der Waals surface area contributed by atoms with Gasteiger partial charge in [-0.05, 0) is 25.7 Å². The molecule has 0 aliphatic heterocycles. The molecule has 1 rings (SSSR count). The Labute approximate surface area is 117 Å². The zero-order chi connectivity index (χ0) is 15.3. The van der Waals surface area contributed by atoms with Crippen LogP contribution in [0.25, 0.3) is 0 Å². The molecule has 0 bridgehead atoms. The van der Waals surface area contributed by atoms with Gasteiger partial charge < -0.3 is 10.2 Å². The average molecular weight is 302 g/mol. The van der Waals surface area contributed by atoms with E-state index in [4.69, 9.17) is 5.14 Å². The number of rotatable bonds is 7. The Morgan fingerprint density at radius 2 is 2.10 bits per heavy atom. The largest absolute Gasteiger partial charge is 0.378 e. The number of nitro groups is 1. The van der Waals surface area contributed by atoms with Gasteiger partial charge in [0.15, 0.2) is 4.90 Å². The normalized spacial score (nSPS) is 11.6. The van der Waals surface area contributed by atoms with Gasteiger partial charge in [0.05, 0.1) is 4.92 Å². The van der Waals surface area contributed by atoms with Gasteiger partial charge in [-0.25, -0.2) is 13.6 Å². The number of benzene rings is 1. The predicted octanol–water partition coefficient (Wildman–Crippen LogP) is 0.606. The summed E-state index contributed by atoms with van der Waals surface area (Å²) in [5.74, 6) is 0. The van der Waals surface area contributed by atoms with Gasteiger partial charge in [-0.3, -0.25) is 10.1 Å². The highest BCUT2D eigenvalue weighted by Gasteiger charge is 2.26. The number of nitrogens with one attached hydrogen (secondary N) is 1. The summed E-state index contributed by atoms with van der Waals surface area (Å²) in [4.78, 5) is 11.9. The number of hydrogen-bond donors (Lipinski definition) is 2. The Bertz CT molecular complexity index is 588. The number of hydrogen-bond acceptors (Lipinski definition) is 6. The molecule has 0 saturated heterocycles. The molecule has 3 N–H and O–H groups in total. The van der Waals surface area contributed by atoms with Crippen molar-refractivity contribution in [2.24, 2.45) is 5.14 Å². The number of primary sulfonamides is 1. The standard InChI is InChI=1S/C11H18N4O4S/c1-3-14(2)8-7-13-9-5-4-6-10(20(12,18)19)11(9)15(16)17/h4-6,13H,3,7-8H2,1-2H3,(H2,12,18,19). The first kappa shape index (κ1) is 16.3. The van der Waals surface area contributed by atoms with E-state index in [-0.39, 0.29) is 5.69 Å². The number of nitrogens with zero attached hydrogens (tertiary/aromatic N) is 2. The number of likely N-dealkylation sites (N-methyl/N-ethyl adjacent to an activating group) is 1. The molecule has 0 aliphatic carbocycles. The lowest BCUT2D eigenvalue weighted by Gasteiger charge is -2.15. The van der Waals surface area contributed by atoms with Crippen LogP contribution in [0.3, 0.4) is 0 Å². The number of nitrogens with two attached hydrogens (primary N) is 1. The second-order valence-electron chi connectivity index (χ2n) is 4.28. The number of nitro benzene ring substituents is 1. The van der Waals surface area contributed by atoms with Crippen molar-refractivity contribution in [2.75, 3.05) is 32.0 Å². The molecule has 0 radical (unpaired) electrons. The highest BCUT2D eigenvalue weighted by Crippen LogP contribution is 2.30. The summed E-state index contributed by atoms with van der Waals surface area (Å²) in [6.45, 7) is 3.97. The number of sulfonamides is 1. The number of anilines is 1. The first-order chi connectivity index (χ1) is 9.27. The Kier molecular flexibility index (Phi) is 5.43. The second-order valence-corrected chi connectivity index (χ2v) is 5.81. The van der Waals surface area contributed by atoms with Crippen LogP contribution >= 0.6 is 0 Å². The van der Waals surface area contributed by atoms with Gasteiger partial charge in [0, 0.05) is 13.1 Å². The fourth-order valence-electron chi connectivity index (χ4n) is 1.62. The van der Waals surface area contributed by atoms with E-state index in [0.717, 1.165) is 12.6 Å². The molecule has 0 aliphatic rings. The fourth-order valence-corrected chi connectivity index (χ4v) is 2.34. The highest BCUT2D eigenvalue weighted by molar-refractivity contribution is 7.89. The summed E-state index contributed by atoms with van der Waals surface area (Å²) >= 11 is 0. The van der Waals surface area contributed by atoms with Crippen LogP contribution in [0.1, 0.15) is 6.92 Å². The molecular weight excluding hydrogens is 284 g/mol. The van der Waals surface area contributed by atoms with E-state index in [1.165, 1.54) is 12.1 Å². The van der Waals surface area contributed by atoms with Crippen LogP contribution in [0, 0.1) is 10.1 Å². The van der Waals surface area contributed by atoms with Crippen LogP contribution in [0.15, 0.2) is 23.1 Å². The van der Waals surface area contributed by atoms with Gasteiger partial charge in [0.25, 0.3) is 0 Å². The molecule has 0 unspecified atom stereocenters. The van der Waals surface area contributed by atoms with Gasteiger partial charge in [-0.15, -0.1) is 0 Å². The minimum atomic E-state index is -4.14. The maximum atomic E-state index is 11.4. The third-order valence-electron chi connectivity index (χ3n) is 2.84. The van der Waals surface area contributed by atoms with Crippen LogP contribution in [0.5, 0.6) is 0 Å². The van der Waals surface area contributed by atoms with Crippen molar-refractivity contribution in [3.05, 3.63) is 28.3 Å². The van der Waals surface area contributed by atoms with Crippen LogP contribution in [0.2, 0.25) is 0 Å². The van der Waals surface area contributed by atoms with E-state index in [1.54, 1.807) is 0 Å². The first-order valence-corrected chi connectivity index (χ1v) is 7.54. The van der Waals surface area contributed by atoms with Crippen molar-refractivity contribution in [3.63, 3.8) is 0 Å². The van der Waals surface area contributed by atoms with Crippen LogP contribution in [-0.2, 0) is 10.0 Å². The van der Waals surface area contributed by atoms with Crippen LogP contribution in [-0.4, -0.2) is 44.9 Å². The molecule has 0 fully saturated rings. The van der Waals surface area contributed by atoms with Crippen molar-refractivity contribution in [2.45, 2.75) is 11.8 Å². The molecule has 9 heteroatoms. The predicted molar refractivity (Wildman–Crippen MR) is 76.1 cm³/mol. The lowest BCUT2D eigenvalue weighted by molar-refractivity contribution is -0.386. The van der Waals surface area contributed by atoms with E-state index in [0.29, 0.717) is 13.1 Å². The molecule has 1 aromatic carbocycles. The topological polar surface area (TPSA) is 119 Å². The molecule has 20 heavy (non-hydrogen) atoms. The molecule has 112 valence electrons. The smallest absolute Gasteiger partial charge is 0.312 e. The zero-order valence-corrected chi connectivity index (χ0v) is 12.2. The van der Waals surface area contributed by atoms with E-state index in [1.807, 2.05) is 18.9 Å². The van der Waals surface area contributed by atoms with Gasteiger partial charge in [-0.2, -0.15) is 0 Å². The summed E-state index contributed by atoms with van der Waals surface area (Å²) in [6, 6.07) is 3.99. The Balaban J connectivity index is 3.05. The van der Waals surface area contributed by atoms with E-state index in [2.05, 4.69) is 5.32 Å². The van der Waals surface area contributed by atoms with Crippen molar-refractivity contribution in [1.29, 1.82) is 0 Å². The summed E-state index contributed by atoms with van der Waals surface area (Å²) in [5.41, 5.74) is -0.375. The van der Waals surface area contributed by atoms with Crippen LogP contribution in [0.4, 0.5) is 11.4 Å². The molecule has 8 nitrogen and oxygen atoms in total. The Hall–Kier alpha value is -1.71. The molecule has 0 aromatic heterocycles. The summed E-state index contributed by atoms with van der Waals surface area (Å²) < 4.78 is 22.8. The fraction of sp³-hybridized carbons (Fsp3) is 0.455. The molecular formula is C11H18N4O4S.